The molecule has 0 unspecified atom stereocenters. The summed E-state index contributed by atoms with van der Waals surface area (Å²) in [5.74, 6) is 0.606. The molecular formula is C10H11N5O2. The molecule has 88 valence electrons. The third-order valence-corrected chi connectivity index (χ3v) is 2.32. The van der Waals surface area contributed by atoms with Crippen LogP contribution in [0, 0.1) is 10.1 Å². The lowest BCUT2D eigenvalue weighted by atomic mass is 10.2. The fourth-order valence-corrected chi connectivity index (χ4v) is 1.46. The van der Waals surface area contributed by atoms with Gasteiger partial charge >= 0.3 is 0 Å². The minimum absolute atomic E-state index is 0.0531. The molecule has 2 aromatic rings. The number of hydrogen-bond acceptors (Lipinski definition) is 5. The first-order valence-electron chi connectivity index (χ1n) is 5.12. The van der Waals surface area contributed by atoms with Crippen LogP contribution >= 0.6 is 0 Å². The molecule has 0 aliphatic heterocycles. The van der Waals surface area contributed by atoms with E-state index in [2.05, 4.69) is 15.5 Å². The smallest absolute Gasteiger partial charge is 0.258 e. The first kappa shape index (κ1) is 11.2. The summed E-state index contributed by atoms with van der Waals surface area (Å²) in [6, 6.07) is 6.30. The summed E-state index contributed by atoms with van der Waals surface area (Å²) in [6.07, 6.45) is 0. The molecule has 17 heavy (non-hydrogen) atoms. The molecule has 1 aromatic carbocycles. The molecule has 7 heteroatoms. The van der Waals surface area contributed by atoms with Crippen molar-refractivity contribution < 1.29 is 4.92 Å². The summed E-state index contributed by atoms with van der Waals surface area (Å²) in [5, 5.41) is 21.9. The number of nitrogens with zero attached hydrogens (tertiary/aromatic N) is 5. The lowest BCUT2D eigenvalue weighted by Gasteiger charge is -2.07. The summed E-state index contributed by atoms with van der Waals surface area (Å²) in [6.45, 7) is 3.93. The second-order valence-corrected chi connectivity index (χ2v) is 3.84. The Morgan fingerprint density at radius 3 is 2.47 bits per heavy atom. The van der Waals surface area contributed by atoms with Crippen molar-refractivity contribution in [1.29, 1.82) is 0 Å². The van der Waals surface area contributed by atoms with Crippen molar-refractivity contribution in [2.75, 3.05) is 0 Å². The van der Waals surface area contributed by atoms with Crippen LogP contribution < -0.4 is 0 Å². The number of tetrazole rings is 1. The minimum Gasteiger partial charge on any atom is -0.258 e. The third-order valence-electron chi connectivity index (χ3n) is 2.32. The molecule has 0 aliphatic rings. The number of rotatable bonds is 3. The Morgan fingerprint density at radius 2 is 1.94 bits per heavy atom. The molecule has 2 rings (SSSR count). The van der Waals surface area contributed by atoms with E-state index in [9.17, 15) is 10.1 Å². The number of aromatic nitrogens is 4. The predicted octanol–water partition coefficient (Wildman–Crippen LogP) is 1.83. The highest BCUT2D eigenvalue weighted by Gasteiger charge is 2.12. The molecule has 0 aliphatic carbocycles. The van der Waals surface area contributed by atoms with Crippen molar-refractivity contribution in [3.63, 3.8) is 0 Å². The van der Waals surface area contributed by atoms with Crippen molar-refractivity contribution in [1.82, 2.24) is 20.2 Å². The van der Waals surface area contributed by atoms with Gasteiger partial charge in [0.2, 0.25) is 0 Å². The maximum absolute atomic E-state index is 10.5. The van der Waals surface area contributed by atoms with Gasteiger partial charge in [0.25, 0.3) is 5.69 Å². The van der Waals surface area contributed by atoms with Crippen LogP contribution in [0.3, 0.4) is 0 Å². The third kappa shape index (κ3) is 2.12. The van der Waals surface area contributed by atoms with E-state index in [1.807, 2.05) is 13.8 Å². The van der Waals surface area contributed by atoms with Crippen LogP contribution in [0.4, 0.5) is 5.69 Å². The van der Waals surface area contributed by atoms with E-state index in [4.69, 9.17) is 0 Å². The molecule has 0 saturated heterocycles. The van der Waals surface area contributed by atoms with Gasteiger partial charge in [0.05, 0.1) is 11.0 Å². The first-order valence-corrected chi connectivity index (χ1v) is 5.12. The van der Waals surface area contributed by atoms with E-state index >= 15 is 0 Å². The van der Waals surface area contributed by atoms with E-state index in [0.717, 1.165) is 5.56 Å². The van der Waals surface area contributed by atoms with Gasteiger partial charge < -0.3 is 0 Å². The molecule has 0 radical (unpaired) electrons. The zero-order chi connectivity index (χ0) is 12.4. The molecule has 1 heterocycles. The highest BCUT2D eigenvalue weighted by atomic mass is 16.6. The molecule has 0 amide bonds. The summed E-state index contributed by atoms with van der Waals surface area (Å²) in [7, 11) is 0. The Bertz CT molecular complexity index is 532. The predicted molar refractivity (Wildman–Crippen MR) is 60.3 cm³/mol. The average Bonchev–Trinajstić information content (AvgIpc) is 2.78. The van der Waals surface area contributed by atoms with Crippen LogP contribution in [-0.4, -0.2) is 25.1 Å². The van der Waals surface area contributed by atoms with Crippen LogP contribution in [0.5, 0.6) is 0 Å². The van der Waals surface area contributed by atoms with Crippen molar-refractivity contribution in [3.8, 4) is 11.4 Å². The topological polar surface area (TPSA) is 86.7 Å². The number of benzene rings is 1. The summed E-state index contributed by atoms with van der Waals surface area (Å²) in [4.78, 5) is 10.1. The largest absolute Gasteiger partial charge is 0.269 e. The quantitative estimate of drug-likeness (QED) is 0.596. The minimum atomic E-state index is -0.435. The van der Waals surface area contributed by atoms with Crippen LogP contribution in [0.1, 0.15) is 19.9 Å². The van der Waals surface area contributed by atoms with Crippen LogP contribution in [-0.2, 0) is 0 Å². The SMILES string of the molecule is CC(C)n1nnnc1-c1ccc([N+](=O)[O-])cc1. The Hall–Kier alpha value is -2.31. The van der Waals surface area contributed by atoms with Crippen LogP contribution in [0.15, 0.2) is 24.3 Å². The van der Waals surface area contributed by atoms with Gasteiger partial charge in [-0.1, -0.05) is 0 Å². The molecule has 1 aromatic heterocycles. The molecule has 0 bridgehead atoms. The normalized spacial score (nSPS) is 10.8. The van der Waals surface area contributed by atoms with Crippen LogP contribution in [0.2, 0.25) is 0 Å². The average molecular weight is 233 g/mol. The van der Waals surface area contributed by atoms with Gasteiger partial charge in [0.1, 0.15) is 0 Å². The zero-order valence-electron chi connectivity index (χ0n) is 9.44. The molecular weight excluding hydrogens is 222 g/mol. The van der Waals surface area contributed by atoms with Crippen molar-refractivity contribution in [2.45, 2.75) is 19.9 Å². The first-order chi connectivity index (χ1) is 8.09. The van der Waals surface area contributed by atoms with Crippen LogP contribution in [0.25, 0.3) is 11.4 Å². The van der Waals surface area contributed by atoms with E-state index in [1.54, 1.807) is 16.8 Å². The van der Waals surface area contributed by atoms with E-state index in [-0.39, 0.29) is 11.7 Å². The maximum atomic E-state index is 10.5. The number of nitro benzene ring substituents is 1. The van der Waals surface area contributed by atoms with Crippen molar-refractivity contribution in [3.05, 3.63) is 34.4 Å². The van der Waals surface area contributed by atoms with Gasteiger partial charge in [0.15, 0.2) is 5.82 Å². The van der Waals surface area contributed by atoms with Gasteiger partial charge in [-0.2, -0.15) is 0 Å². The fraction of sp³-hybridized carbons (Fsp3) is 0.300. The maximum Gasteiger partial charge on any atom is 0.269 e. The van der Waals surface area contributed by atoms with Gasteiger partial charge in [-0.05, 0) is 36.4 Å². The summed E-state index contributed by atoms with van der Waals surface area (Å²) < 4.78 is 1.67. The Balaban J connectivity index is 2.40. The standard InChI is InChI=1S/C10H11N5O2/c1-7(2)14-10(11-12-13-14)8-3-5-9(6-4-8)15(16)17/h3-7H,1-2H3. The highest BCUT2D eigenvalue weighted by Crippen LogP contribution is 2.21. The molecule has 0 atom stereocenters. The zero-order valence-corrected chi connectivity index (χ0v) is 9.44. The van der Waals surface area contributed by atoms with Gasteiger partial charge in [0, 0.05) is 17.7 Å². The number of nitro groups is 1. The molecule has 0 spiro atoms. The number of non-ortho nitro benzene ring substituents is 1. The van der Waals surface area contributed by atoms with E-state index in [1.165, 1.54) is 12.1 Å². The molecule has 0 fully saturated rings. The lowest BCUT2D eigenvalue weighted by Crippen LogP contribution is -2.05. The monoisotopic (exact) mass is 233 g/mol. The second-order valence-electron chi connectivity index (χ2n) is 3.84. The van der Waals surface area contributed by atoms with E-state index in [0.29, 0.717) is 5.82 Å². The lowest BCUT2D eigenvalue weighted by molar-refractivity contribution is -0.384. The Kier molecular flexibility index (Phi) is 2.82. The molecule has 0 N–H and O–H groups in total. The second kappa shape index (κ2) is 4.28. The Morgan fingerprint density at radius 1 is 1.29 bits per heavy atom. The van der Waals surface area contributed by atoms with Crippen molar-refractivity contribution in [2.24, 2.45) is 0 Å². The van der Waals surface area contributed by atoms with Crippen molar-refractivity contribution >= 4 is 5.69 Å². The summed E-state index contributed by atoms with van der Waals surface area (Å²) >= 11 is 0. The number of hydrogen-bond donors (Lipinski definition) is 0. The fourth-order valence-electron chi connectivity index (χ4n) is 1.46. The highest BCUT2D eigenvalue weighted by molar-refractivity contribution is 5.56. The van der Waals surface area contributed by atoms with Gasteiger partial charge in [-0.25, -0.2) is 4.68 Å². The molecule has 7 nitrogen and oxygen atoms in total. The van der Waals surface area contributed by atoms with Gasteiger partial charge in [-0.15, -0.1) is 5.10 Å². The van der Waals surface area contributed by atoms with Gasteiger partial charge in [-0.3, -0.25) is 10.1 Å². The molecule has 0 saturated carbocycles. The summed E-state index contributed by atoms with van der Waals surface area (Å²) in [5.41, 5.74) is 0.812. The van der Waals surface area contributed by atoms with E-state index < -0.39 is 4.92 Å². The Labute approximate surface area is 97.2 Å².